The van der Waals surface area contributed by atoms with Gasteiger partial charge in [0.1, 0.15) is 0 Å². The van der Waals surface area contributed by atoms with Gasteiger partial charge in [-0.25, -0.2) is 17.9 Å². The van der Waals surface area contributed by atoms with Crippen LogP contribution in [0, 0.1) is 0 Å². The first-order valence-electron chi connectivity index (χ1n) is 7.38. The Morgan fingerprint density at radius 3 is 2.46 bits per heavy atom. The van der Waals surface area contributed by atoms with Gasteiger partial charge in [0.15, 0.2) is 0 Å². The zero-order valence-corrected chi connectivity index (χ0v) is 14.9. The average Bonchev–Trinajstić information content (AvgIpc) is 2.55. The van der Waals surface area contributed by atoms with Gasteiger partial charge in [-0.1, -0.05) is 23.7 Å². The van der Waals surface area contributed by atoms with Crippen molar-refractivity contribution in [2.75, 3.05) is 6.61 Å². The molecule has 1 N–H and O–H groups in total. The van der Waals surface area contributed by atoms with Gasteiger partial charge in [0.25, 0.3) is 0 Å². The molecule has 0 fully saturated rings. The lowest BCUT2D eigenvalue weighted by Crippen LogP contribution is -2.27. The Morgan fingerprint density at radius 2 is 1.88 bits per heavy atom. The zero-order valence-electron chi connectivity index (χ0n) is 13.3. The van der Waals surface area contributed by atoms with E-state index in [0.717, 1.165) is 5.56 Å². The highest BCUT2D eigenvalue weighted by atomic mass is 35.5. The predicted octanol–water partition coefficient (Wildman–Crippen LogP) is 3.56. The molecule has 0 spiro atoms. The topological polar surface area (TPSA) is 72.5 Å². The number of carbonyl (C=O) groups excluding carboxylic acids is 1. The molecule has 0 aliphatic carbocycles. The summed E-state index contributed by atoms with van der Waals surface area (Å²) in [5.74, 6) is -0.485. The van der Waals surface area contributed by atoms with Gasteiger partial charge < -0.3 is 4.74 Å². The molecule has 0 aromatic heterocycles. The van der Waals surface area contributed by atoms with E-state index >= 15 is 0 Å². The van der Waals surface area contributed by atoms with E-state index < -0.39 is 22.0 Å². The van der Waals surface area contributed by atoms with Gasteiger partial charge in [-0.2, -0.15) is 0 Å². The second kappa shape index (κ2) is 7.79. The van der Waals surface area contributed by atoms with Crippen LogP contribution in [0.2, 0.25) is 5.02 Å². The fraction of sp³-hybridized carbons (Fsp3) is 0.235. The van der Waals surface area contributed by atoms with Crippen LogP contribution in [0.5, 0.6) is 0 Å². The number of hydrogen-bond donors (Lipinski definition) is 1. The molecule has 128 valence electrons. The van der Waals surface area contributed by atoms with E-state index in [4.69, 9.17) is 16.3 Å². The summed E-state index contributed by atoms with van der Waals surface area (Å²) in [5.41, 5.74) is 1.06. The minimum atomic E-state index is -3.72. The highest BCUT2D eigenvalue weighted by Crippen LogP contribution is 2.20. The average molecular weight is 368 g/mol. The Morgan fingerprint density at radius 1 is 1.21 bits per heavy atom. The van der Waals surface area contributed by atoms with Crippen molar-refractivity contribution in [3.05, 3.63) is 64.7 Å². The summed E-state index contributed by atoms with van der Waals surface area (Å²) >= 11 is 5.93. The molecule has 0 saturated carbocycles. The molecular formula is C17H18ClNO4S. The zero-order chi connectivity index (χ0) is 17.7. The van der Waals surface area contributed by atoms with Crippen LogP contribution in [0.25, 0.3) is 0 Å². The van der Waals surface area contributed by atoms with Crippen molar-refractivity contribution in [2.24, 2.45) is 0 Å². The lowest BCUT2D eigenvalue weighted by Gasteiger charge is -2.15. The summed E-state index contributed by atoms with van der Waals surface area (Å²) in [4.78, 5) is 11.7. The monoisotopic (exact) mass is 367 g/mol. The second-order valence-electron chi connectivity index (χ2n) is 5.14. The fourth-order valence-corrected chi connectivity index (χ4v) is 3.56. The number of carbonyl (C=O) groups is 1. The summed E-state index contributed by atoms with van der Waals surface area (Å²) in [6, 6.07) is 12.1. The molecule has 2 aromatic carbocycles. The number of sulfonamides is 1. The smallest absolute Gasteiger partial charge is 0.338 e. The molecule has 2 rings (SSSR count). The summed E-state index contributed by atoms with van der Waals surface area (Å²) in [5, 5.41) is 0.539. The Balaban J connectivity index is 2.16. The minimum Gasteiger partial charge on any atom is -0.462 e. The van der Waals surface area contributed by atoms with Crippen molar-refractivity contribution < 1.29 is 17.9 Å². The highest BCUT2D eigenvalue weighted by molar-refractivity contribution is 7.89. The fourth-order valence-electron chi connectivity index (χ4n) is 2.13. The number of nitrogens with one attached hydrogen (secondary N) is 1. The number of benzene rings is 2. The van der Waals surface area contributed by atoms with Crippen LogP contribution in [-0.4, -0.2) is 21.0 Å². The van der Waals surface area contributed by atoms with E-state index in [2.05, 4.69) is 4.72 Å². The lowest BCUT2D eigenvalue weighted by molar-refractivity contribution is 0.0526. The first kappa shape index (κ1) is 18.4. The van der Waals surface area contributed by atoms with E-state index in [9.17, 15) is 13.2 Å². The predicted molar refractivity (Wildman–Crippen MR) is 92.6 cm³/mol. The van der Waals surface area contributed by atoms with Crippen LogP contribution in [0.4, 0.5) is 0 Å². The van der Waals surface area contributed by atoms with Gasteiger partial charge in [-0.15, -0.1) is 0 Å². The molecule has 0 bridgehead atoms. The molecule has 24 heavy (non-hydrogen) atoms. The van der Waals surface area contributed by atoms with Crippen LogP contribution >= 0.6 is 11.6 Å². The van der Waals surface area contributed by atoms with Gasteiger partial charge in [0.05, 0.1) is 17.1 Å². The quantitative estimate of drug-likeness (QED) is 0.792. The van der Waals surface area contributed by atoms with Crippen LogP contribution in [0.1, 0.15) is 35.8 Å². The normalized spacial score (nSPS) is 12.6. The number of esters is 1. The standard InChI is InChI=1S/C17H18ClNO4S/c1-3-23-17(20)13-7-9-16(10-8-13)24(21,22)19-12(2)14-5-4-6-15(18)11-14/h4-12,19H,3H2,1-2H3/t12-/m1/s1. The second-order valence-corrected chi connectivity index (χ2v) is 7.29. The lowest BCUT2D eigenvalue weighted by atomic mass is 10.1. The molecule has 0 unspecified atom stereocenters. The van der Waals surface area contributed by atoms with E-state index in [1.54, 1.807) is 38.1 Å². The molecule has 5 nitrogen and oxygen atoms in total. The van der Waals surface area contributed by atoms with E-state index in [-0.39, 0.29) is 11.5 Å². The largest absolute Gasteiger partial charge is 0.462 e. The summed E-state index contributed by atoms with van der Waals surface area (Å²) in [6.07, 6.45) is 0. The van der Waals surface area contributed by atoms with Crippen molar-refractivity contribution in [3.63, 3.8) is 0 Å². The van der Waals surface area contributed by atoms with E-state index in [1.165, 1.54) is 24.3 Å². The van der Waals surface area contributed by atoms with Gasteiger partial charge in [0.2, 0.25) is 10.0 Å². The first-order valence-corrected chi connectivity index (χ1v) is 9.24. The maximum atomic E-state index is 12.4. The molecule has 1 atom stereocenters. The maximum Gasteiger partial charge on any atom is 0.338 e. The summed E-state index contributed by atoms with van der Waals surface area (Å²) < 4.78 is 32.4. The van der Waals surface area contributed by atoms with Gasteiger partial charge in [-0.05, 0) is 55.8 Å². The van der Waals surface area contributed by atoms with Crippen molar-refractivity contribution >= 4 is 27.6 Å². The third-order valence-corrected chi connectivity index (χ3v) is 5.15. The van der Waals surface area contributed by atoms with E-state index in [1.807, 2.05) is 0 Å². The highest BCUT2D eigenvalue weighted by Gasteiger charge is 2.19. The van der Waals surface area contributed by atoms with Gasteiger partial charge in [-0.3, -0.25) is 0 Å². The number of hydrogen-bond acceptors (Lipinski definition) is 4. The molecule has 0 amide bonds. The van der Waals surface area contributed by atoms with Crippen LogP contribution in [0.15, 0.2) is 53.4 Å². The first-order chi connectivity index (χ1) is 11.3. The third kappa shape index (κ3) is 4.56. The summed E-state index contributed by atoms with van der Waals surface area (Å²) in [7, 11) is -3.72. The minimum absolute atomic E-state index is 0.0735. The SMILES string of the molecule is CCOC(=O)c1ccc(S(=O)(=O)N[C@H](C)c2cccc(Cl)c2)cc1. The molecule has 7 heteroatoms. The number of ether oxygens (including phenoxy) is 1. The van der Waals surface area contributed by atoms with Gasteiger partial charge >= 0.3 is 5.97 Å². The Hall–Kier alpha value is -1.89. The number of halogens is 1. The van der Waals surface area contributed by atoms with E-state index in [0.29, 0.717) is 10.6 Å². The van der Waals surface area contributed by atoms with Crippen LogP contribution < -0.4 is 4.72 Å². The number of rotatable bonds is 6. The Bertz CT molecular complexity index is 819. The molecule has 2 aromatic rings. The molecule has 0 aliphatic rings. The Kier molecular flexibility index (Phi) is 5.99. The molecule has 0 saturated heterocycles. The van der Waals surface area contributed by atoms with Crippen molar-refractivity contribution in [2.45, 2.75) is 24.8 Å². The molecule has 0 radical (unpaired) electrons. The summed E-state index contributed by atoms with van der Waals surface area (Å²) in [6.45, 7) is 3.70. The van der Waals surface area contributed by atoms with Crippen LogP contribution in [-0.2, 0) is 14.8 Å². The third-order valence-electron chi connectivity index (χ3n) is 3.36. The maximum absolute atomic E-state index is 12.4. The van der Waals surface area contributed by atoms with Gasteiger partial charge in [0, 0.05) is 11.1 Å². The molecule has 0 heterocycles. The van der Waals surface area contributed by atoms with Crippen LogP contribution in [0.3, 0.4) is 0 Å². The van der Waals surface area contributed by atoms with Crippen molar-refractivity contribution in [1.82, 2.24) is 4.72 Å². The van der Waals surface area contributed by atoms with Crippen molar-refractivity contribution in [1.29, 1.82) is 0 Å². The molecule has 0 aliphatic heterocycles. The Labute approximate surface area is 146 Å². The van der Waals surface area contributed by atoms with Crippen molar-refractivity contribution in [3.8, 4) is 0 Å². The molecular weight excluding hydrogens is 350 g/mol.